The molecule has 1 atom stereocenters. The summed E-state index contributed by atoms with van der Waals surface area (Å²) in [6.07, 6.45) is 0. The third-order valence-electron chi connectivity index (χ3n) is 5.91. The van der Waals surface area contributed by atoms with Crippen LogP contribution >= 0.6 is 11.3 Å². The third-order valence-corrected chi connectivity index (χ3v) is 6.77. The number of allylic oxidation sites excluding steroid dienone is 1. The molecule has 9 nitrogen and oxygen atoms in total. The van der Waals surface area contributed by atoms with Gasteiger partial charge in [0.25, 0.3) is 5.91 Å². The summed E-state index contributed by atoms with van der Waals surface area (Å²) in [6, 6.07) is 16.3. The fourth-order valence-electron chi connectivity index (χ4n) is 4.28. The molecule has 0 radical (unpaired) electrons. The number of amides is 1. The second-order valence-corrected chi connectivity index (χ2v) is 8.96. The van der Waals surface area contributed by atoms with Crippen LogP contribution in [-0.4, -0.2) is 34.6 Å². The first-order valence-electron chi connectivity index (χ1n) is 10.9. The first-order chi connectivity index (χ1) is 17.1. The summed E-state index contributed by atoms with van der Waals surface area (Å²) in [7, 11) is 1.57. The highest BCUT2D eigenvalue weighted by Crippen LogP contribution is 2.41. The van der Waals surface area contributed by atoms with Crippen molar-refractivity contribution in [3.05, 3.63) is 76.8 Å². The predicted octanol–water partition coefficient (Wildman–Crippen LogP) is 4.67. The van der Waals surface area contributed by atoms with Gasteiger partial charge in [0.05, 0.1) is 23.2 Å². The van der Waals surface area contributed by atoms with Crippen molar-refractivity contribution in [2.24, 2.45) is 0 Å². The number of thiophene rings is 1. The molecule has 2 N–H and O–H groups in total. The number of para-hydroxylation sites is 2. The zero-order chi connectivity index (χ0) is 23.9. The number of nitrogens with zero attached hydrogens (tertiary/aromatic N) is 3. The third kappa shape index (κ3) is 3.68. The molecule has 2 aliphatic rings. The molecule has 2 aromatic carbocycles. The highest BCUT2D eigenvalue weighted by molar-refractivity contribution is 7.13. The van der Waals surface area contributed by atoms with Crippen LogP contribution < -0.4 is 24.8 Å². The van der Waals surface area contributed by atoms with Gasteiger partial charge < -0.3 is 24.8 Å². The van der Waals surface area contributed by atoms with E-state index in [1.54, 1.807) is 35.3 Å². The van der Waals surface area contributed by atoms with Gasteiger partial charge in [-0.25, -0.2) is 4.68 Å². The molecular formula is C25H21N5O4S. The van der Waals surface area contributed by atoms with Gasteiger partial charge in [0.1, 0.15) is 11.8 Å². The molecule has 0 spiro atoms. The van der Waals surface area contributed by atoms with E-state index in [0.717, 1.165) is 10.4 Å². The van der Waals surface area contributed by atoms with Crippen molar-refractivity contribution in [2.75, 3.05) is 24.5 Å². The molecule has 35 heavy (non-hydrogen) atoms. The van der Waals surface area contributed by atoms with E-state index in [0.29, 0.717) is 46.0 Å². The maximum Gasteiger partial charge on any atom is 0.255 e. The van der Waals surface area contributed by atoms with Crippen LogP contribution in [0.25, 0.3) is 10.7 Å². The lowest BCUT2D eigenvalue weighted by atomic mass is 9.94. The van der Waals surface area contributed by atoms with E-state index in [-0.39, 0.29) is 12.7 Å². The van der Waals surface area contributed by atoms with Gasteiger partial charge in [-0.1, -0.05) is 24.3 Å². The number of aromatic nitrogens is 3. The topological polar surface area (TPSA) is 99.5 Å². The Labute approximate surface area is 205 Å². The largest absolute Gasteiger partial charge is 0.495 e. The van der Waals surface area contributed by atoms with Gasteiger partial charge in [-0.3, -0.25) is 4.79 Å². The number of hydrogen-bond acceptors (Lipinski definition) is 8. The molecule has 0 aliphatic carbocycles. The lowest BCUT2D eigenvalue weighted by Gasteiger charge is -2.29. The molecule has 10 heteroatoms. The van der Waals surface area contributed by atoms with Crippen LogP contribution in [0.1, 0.15) is 18.5 Å². The van der Waals surface area contributed by atoms with E-state index in [2.05, 4.69) is 10.6 Å². The van der Waals surface area contributed by atoms with Crippen LogP contribution in [0, 0.1) is 0 Å². The van der Waals surface area contributed by atoms with Crippen LogP contribution in [0.2, 0.25) is 0 Å². The normalized spacial score (nSPS) is 16.0. The number of nitrogens with one attached hydrogen (secondary N) is 2. The Morgan fingerprint density at radius 1 is 1.17 bits per heavy atom. The molecule has 1 amide bonds. The Hall–Kier alpha value is -4.31. The van der Waals surface area contributed by atoms with E-state index in [1.807, 2.05) is 54.8 Å². The summed E-state index contributed by atoms with van der Waals surface area (Å²) in [4.78, 5) is 19.4. The van der Waals surface area contributed by atoms with Crippen molar-refractivity contribution in [2.45, 2.75) is 13.0 Å². The molecule has 2 aliphatic heterocycles. The zero-order valence-electron chi connectivity index (χ0n) is 18.9. The van der Waals surface area contributed by atoms with Crippen molar-refractivity contribution in [1.29, 1.82) is 0 Å². The smallest absolute Gasteiger partial charge is 0.255 e. The van der Waals surface area contributed by atoms with E-state index >= 15 is 0 Å². The molecule has 0 saturated heterocycles. The average Bonchev–Trinajstić information content (AvgIpc) is 3.63. The van der Waals surface area contributed by atoms with Crippen molar-refractivity contribution < 1.29 is 19.0 Å². The Balaban J connectivity index is 1.46. The molecule has 0 fully saturated rings. The van der Waals surface area contributed by atoms with E-state index in [9.17, 15) is 4.79 Å². The summed E-state index contributed by atoms with van der Waals surface area (Å²) >= 11 is 1.56. The monoisotopic (exact) mass is 487 g/mol. The van der Waals surface area contributed by atoms with Gasteiger partial charge >= 0.3 is 0 Å². The summed E-state index contributed by atoms with van der Waals surface area (Å²) in [5.74, 6) is 2.74. The Morgan fingerprint density at radius 2 is 2.03 bits per heavy atom. The van der Waals surface area contributed by atoms with E-state index in [4.69, 9.17) is 24.3 Å². The number of carbonyl (C=O) groups excluding carboxylic acids is 1. The molecule has 176 valence electrons. The van der Waals surface area contributed by atoms with Crippen LogP contribution in [0.3, 0.4) is 0 Å². The summed E-state index contributed by atoms with van der Waals surface area (Å²) < 4.78 is 18.3. The van der Waals surface area contributed by atoms with Gasteiger partial charge in [-0.15, -0.1) is 16.4 Å². The minimum Gasteiger partial charge on any atom is -0.495 e. The molecule has 4 aromatic rings. The lowest BCUT2D eigenvalue weighted by Crippen LogP contribution is -2.31. The maximum absolute atomic E-state index is 13.7. The Morgan fingerprint density at radius 3 is 2.86 bits per heavy atom. The Bertz CT molecular complexity index is 1460. The highest BCUT2D eigenvalue weighted by atomic mass is 32.1. The van der Waals surface area contributed by atoms with Crippen LogP contribution in [0.4, 0.5) is 11.6 Å². The first kappa shape index (κ1) is 21.2. The second kappa shape index (κ2) is 8.48. The molecule has 2 aromatic heterocycles. The number of benzene rings is 2. The summed E-state index contributed by atoms with van der Waals surface area (Å²) in [5.41, 5.74) is 2.58. The average molecular weight is 488 g/mol. The summed E-state index contributed by atoms with van der Waals surface area (Å²) in [6.45, 7) is 2.03. The molecule has 4 heterocycles. The summed E-state index contributed by atoms with van der Waals surface area (Å²) in [5, 5.41) is 13.0. The van der Waals surface area contributed by atoms with Crippen molar-refractivity contribution in [1.82, 2.24) is 14.8 Å². The van der Waals surface area contributed by atoms with E-state index < -0.39 is 6.04 Å². The van der Waals surface area contributed by atoms with E-state index in [1.165, 1.54) is 0 Å². The number of rotatable bonds is 5. The van der Waals surface area contributed by atoms with Crippen LogP contribution in [-0.2, 0) is 4.79 Å². The molecular weight excluding hydrogens is 466 g/mol. The second-order valence-electron chi connectivity index (χ2n) is 8.01. The Kier molecular flexibility index (Phi) is 5.14. The van der Waals surface area contributed by atoms with Gasteiger partial charge in [-0.05, 0) is 48.2 Å². The fraction of sp³-hybridized carbons (Fsp3) is 0.160. The minimum atomic E-state index is -0.545. The molecule has 0 bridgehead atoms. The van der Waals surface area contributed by atoms with Gasteiger partial charge in [0.2, 0.25) is 12.7 Å². The fourth-order valence-corrected chi connectivity index (χ4v) is 4.94. The first-order valence-corrected chi connectivity index (χ1v) is 11.8. The molecule has 0 saturated carbocycles. The van der Waals surface area contributed by atoms with Crippen molar-refractivity contribution in [3.8, 4) is 28.0 Å². The van der Waals surface area contributed by atoms with Gasteiger partial charge in [0, 0.05) is 5.70 Å². The number of hydrogen-bond donors (Lipinski definition) is 2. The van der Waals surface area contributed by atoms with Crippen LogP contribution in [0.5, 0.6) is 17.2 Å². The number of anilines is 2. The zero-order valence-corrected chi connectivity index (χ0v) is 19.8. The molecule has 1 unspecified atom stereocenters. The number of fused-ring (bicyclic) bond motifs is 2. The number of methoxy groups -OCH3 is 1. The molecule has 6 rings (SSSR count). The van der Waals surface area contributed by atoms with Crippen molar-refractivity contribution in [3.63, 3.8) is 0 Å². The SMILES string of the molecule is COc1ccccc1NC(=O)C1=C(C)Nc2nc(-c3cccs3)nn2C1c1ccc2c(c1)OCO2. The van der Waals surface area contributed by atoms with Gasteiger partial charge in [-0.2, -0.15) is 4.98 Å². The van der Waals surface area contributed by atoms with Crippen molar-refractivity contribution >= 4 is 28.9 Å². The minimum absolute atomic E-state index is 0.165. The number of carbonyl (C=O) groups is 1. The lowest BCUT2D eigenvalue weighted by molar-refractivity contribution is -0.113. The maximum atomic E-state index is 13.7. The number of ether oxygens (including phenoxy) is 3. The highest BCUT2D eigenvalue weighted by Gasteiger charge is 2.35. The quantitative estimate of drug-likeness (QED) is 0.422. The van der Waals surface area contributed by atoms with Gasteiger partial charge in [0.15, 0.2) is 17.3 Å². The van der Waals surface area contributed by atoms with Crippen LogP contribution in [0.15, 0.2) is 71.2 Å². The predicted molar refractivity (Wildman–Crippen MR) is 132 cm³/mol. The standard InChI is InChI=1S/C25H21N5O4S/c1-14-21(24(31)27-16-6-3-4-7-17(16)32-2)22(15-9-10-18-19(12-15)34-13-33-18)30-25(26-14)28-23(29-30)20-8-5-11-35-20/h3-12,22H,13H2,1-2H3,(H,27,31)(H,26,28,29).